The van der Waals surface area contributed by atoms with Gasteiger partial charge in [-0.15, -0.1) is 0 Å². The van der Waals surface area contributed by atoms with Crippen LogP contribution in [-0.2, 0) is 4.79 Å². The maximum Gasteiger partial charge on any atom is 0.249 e. The Kier molecular flexibility index (Phi) is 3.33. The van der Waals surface area contributed by atoms with E-state index < -0.39 is 0 Å². The van der Waals surface area contributed by atoms with E-state index in [0.29, 0.717) is 6.54 Å². The van der Waals surface area contributed by atoms with Gasteiger partial charge in [0.15, 0.2) is 0 Å². The molecule has 0 saturated heterocycles. The number of carbonyl (C=O) groups excluding carboxylic acids is 1. The maximum atomic E-state index is 12.3. The Hall–Kier alpha value is -1.55. The van der Waals surface area contributed by atoms with E-state index in [4.69, 9.17) is 5.11 Å². The van der Waals surface area contributed by atoms with Crippen LogP contribution in [0.4, 0.5) is 11.4 Å². The van der Waals surface area contributed by atoms with Crippen molar-refractivity contribution < 1.29 is 9.90 Å². The summed E-state index contributed by atoms with van der Waals surface area (Å²) in [6.07, 6.45) is 0. The van der Waals surface area contributed by atoms with E-state index in [2.05, 4.69) is 5.32 Å². The van der Waals surface area contributed by atoms with Crippen molar-refractivity contribution >= 4 is 17.3 Å². The zero-order chi connectivity index (χ0) is 12.4. The van der Waals surface area contributed by atoms with E-state index in [1.807, 2.05) is 38.1 Å². The standard InChI is InChI=1S/C13H18N2O2/c1-9(2)12-13(17)15(7-8-16)11-6-4-3-5-10(11)14-12/h3-6,9,12,14,16H,7-8H2,1-2H3. The molecule has 0 radical (unpaired) electrons. The molecular weight excluding hydrogens is 216 g/mol. The Labute approximate surface area is 101 Å². The molecule has 1 aliphatic heterocycles. The molecule has 1 heterocycles. The van der Waals surface area contributed by atoms with Crippen molar-refractivity contribution in [3.05, 3.63) is 24.3 Å². The number of aliphatic hydroxyl groups is 1. The van der Waals surface area contributed by atoms with Crippen LogP contribution < -0.4 is 10.2 Å². The monoisotopic (exact) mass is 234 g/mol. The van der Waals surface area contributed by atoms with Gasteiger partial charge in [-0.3, -0.25) is 4.79 Å². The average Bonchev–Trinajstić information content (AvgIpc) is 2.32. The first-order chi connectivity index (χ1) is 8.15. The van der Waals surface area contributed by atoms with Crippen LogP contribution in [0, 0.1) is 5.92 Å². The number of para-hydroxylation sites is 2. The summed E-state index contributed by atoms with van der Waals surface area (Å²) in [7, 11) is 0. The molecule has 92 valence electrons. The number of hydrogen-bond acceptors (Lipinski definition) is 3. The molecule has 17 heavy (non-hydrogen) atoms. The molecule has 1 atom stereocenters. The molecule has 0 aromatic heterocycles. The second-order valence-electron chi connectivity index (χ2n) is 4.60. The highest BCUT2D eigenvalue weighted by Crippen LogP contribution is 2.32. The SMILES string of the molecule is CC(C)C1Nc2ccccc2N(CCO)C1=O. The molecule has 1 amide bonds. The van der Waals surface area contributed by atoms with Crippen molar-refractivity contribution in [2.45, 2.75) is 19.9 Å². The van der Waals surface area contributed by atoms with Gasteiger partial charge in [-0.1, -0.05) is 26.0 Å². The highest BCUT2D eigenvalue weighted by Gasteiger charge is 2.33. The fourth-order valence-corrected chi connectivity index (χ4v) is 2.13. The zero-order valence-electron chi connectivity index (χ0n) is 10.2. The van der Waals surface area contributed by atoms with E-state index in [-0.39, 0.29) is 24.5 Å². The third-order valence-electron chi connectivity index (χ3n) is 3.03. The number of nitrogens with one attached hydrogen (secondary N) is 1. The average molecular weight is 234 g/mol. The van der Waals surface area contributed by atoms with Crippen molar-refractivity contribution in [3.63, 3.8) is 0 Å². The molecule has 0 aliphatic carbocycles. The van der Waals surface area contributed by atoms with Crippen LogP contribution in [0.25, 0.3) is 0 Å². The van der Waals surface area contributed by atoms with Gasteiger partial charge >= 0.3 is 0 Å². The first-order valence-electron chi connectivity index (χ1n) is 5.93. The van der Waals surface area contributed by atoms with Crippen LogP contribution in [0.15, 0.2) is 24.3 Å². The van der Waals surface area contributed by atoms with Crippen molar-refractivity contribution in [2.24, 2.45) is 5.92 Å². The van der Waals surface area contributed by atoms with Crippen LogP contribution >= 0.6 is 0 Å². The lowest BCUT2D eigenvalue weighted by Crippen LogP contribution is -2.50. The number of nitrogens with zero attached hydrogens (tertiary/aromatic N) is 1. The van der Waals surface area contributed by atoms with Gasteiger partial charge in [0.05, 0.1) is 18.0 Å². The first kappa shape index (κ1) is 11.9. The normalized spacial score (nSPS) is 19.2. The van der Waals surface area contributed by atoms with Crippen LogP contribution in [0.5, 0.6) is 0 Å². The number of hydrogen-bond donors (Lipinski definition) is 2. The number of anilines is 2. The summed E-state index contributed by atoms with van der Waals surface area (Å²) >= 11 is 0. The molecule has 0 bridgehead atoms. The second-order valence-corrected chi connectivity index (χ2v) is 4.60. The van der Waals surface area contributed by atoms with E-state index in [0.717, 1.165) is 11.4 Å². The molecular formula is C13H18N2O2. The molecule has 1 aromatic rings. The molecule has 1 unspecified atom stereocenters. The molecule has 4 heteroatoms. The van der Waals surface area contributed by atoms with Gasteiger partial charge in [-0.2, -0.15) is 0 Å². The molecule has 1 aliphatic rings. The predicted molar refractivity (Wildman–Crippen MR) is 68.1 cm³/mol. The van der Waals surface area contributed by atoms with Crippen LogP contribution in [0.2, 0.25) is 0 Å². The Morgan fingerprint density at radius 2 is 2.12 bits per heavy atom. The van der Waals surface area contributed by atoms with Gasteiger partial charge in [0.2, 0.25) is 5.91 Å². The summed E-state index contributed by atoms with van der Waals surface area (Å²) in [5.41, 5.74) is 1.81. The quantitative estimate of drug-likeness (QED) is 0.832. The van der Waals surface area contributed by atoms with Gasteiger partial charge in [-0.05, 0) is 18.1 Å². The van der Waals surface area contributed by atoms with Gasteiger partial charge in [0, 0.05) is 6.54 Å². The van der Waals surface area contributed by atoms with E-state index in [1.54, 1.807) is 4.90 Å². The van der Waals surface area contributed by atoms with Gasteiger partial charge in [0.1, 0.15) is 6.04 Å². The Balaban J connectivity index is 2.39. The molecule has 2 N–H and O–H groups in total. The largest absolute Gasteiger partial charge is 0.395 e. The second kappa shape index (κ2) is 4.75. The smallest absolute Gasteiger partial charge is 0.249 e. The van der Waals surface area contributed by atoms with Crippen LogP contribution in [-0.4, -0.2) is 30.2 Å². The lowest BCUT2D eigenvalue weighted by Gasteiger charge is -2.36. The minimum atomic E-state index is -0.212. The van der Waals surface area contributed by atoms with Crippen molar-refractivity contribution in [1.29, 1.82) is 0 Å². The fraction of sp³-hybridized carbons (Fsp3) is 0.462. The molecule has 0 fully saturated rings. The number of amides is 1. The molecule has 0 saturated carbocycles. The van der Waals surface area contributed by atoms with Crippen molar-refractivity contribution in [1.82, 2.24) is 0 Å². The third kappa shape index (κ3) is 2.13. The van der Waals surface area contributed by atoms with Crippen LogP contribution in [0.1, 0.15) is 13.8 Å². The summed E-state index contributed by atoms with van der Waals surface area (Å²) in [5, 5.41) is 12.3. The van der Waals surface area contributed by atoms with Crippen LogP contribution in [0.3, 0.4) is 0 Å². The number of rotatable bonds is 3. The summed E-state index contributed by atoms with van der Waals surface area (Å²) in [4.78, 5) is 13.9. The topological polar surface area (TPSA) is 52.6 Å². The minimum absolute atomic E-state index is 0.0229. The van der Waals surface area contributed by atoms with Gasteiger partial charge in [-0.25, -0.2) is 0 Å². The summed E-state index contributed by atoms with van der Waals surface area (Å²) < 4.78 is 0. The fourth-order valence-electron chi connectivity index (χ4n) is 2.13. The zero-order valence-corrected chi connectivity index (χ0v) is 10.2. The lowest BCUT2D eigenvalue weighted by atomic mass is 9.99. The number of fused-ring (bicyclic) bond motifs is 1. The molecule has 1 aromatic carbocycles. The van der Waals surface area contributed by atoms with E-state index in [9.17, 15) is 4.79 Å². The summed E-state index contributed by atoms with van der Waals surface area (Å²) in [6.45, 7) is 4.35. The minimum Gasteiger partial charge on any atom is -0.395 e. The highest BCUT2D eigenvalue weighted by atomic mass is 16.3. The summed E-state index contributed by atoms with van der Waals surface area (Å²) in [6, 6.07) is 7.48. The molecule has 0 spiro atoms. The number of aliphatic hydroxyl groups excluding tert-OH is 1. The van der Waals surface area contributed by atoms with Gasteiger partial charge < -0.3 is 15.3 Å². The Morgan fingerprint density at radius 3 is 2.76 bits per heavy atom. The van der Waals surface area contributed by atoms with Gasteiger partial charge in [0.25, 0.3) is 0 Å². The number of β-amino-alcohol motifs (C(OH)–C–C–N with tert-alkyl or cyclic N) is 1. The van der Waals surface area contributed by atoms with E-state index >= 15 is 0 Å². The van der Waals surface area contributed by atoms with Crippen molar-refractivity contribution in [3.8, 4) is 0 Å². The van der Waals surface area contributed by atoms with E-state index in [1.165, 1.54) is 0 Å². The first-order valence-corrected chi connectivity index (χ1v) is 5.93. The third-order valence-corrected chi connectivity index (χ3v) is 3.03. The van der Waals surface area contributed by atoms with Crippen molar-refractivity contribution in [2.75, 3.05) is 23.4 Å². The Morgan fingerprint density at radius 1 is 1.41 bits per heavy atom. The highest BCUT2D eigenvalue weighted by molar-refractivity contribution is 6.05. The predicted octanol–water partition coefficient (Wildman–Crippen LogP) is 1.46. The Bertz CT molecular complexity index is 418. The maximum absolute atomic E-state index is 12.3. The summed E-state index contributed by atoms with van der Waals surface area (Å²) in [5.74, 6) is 0.254. The molecule has 4 nitrogen and oxygen atoms in total. The molecule has 2 rings (SSSR count). The number of benzene rings is 1. The lowest BCUT2D eigenvalue weighted by molar-refractivity contribution is -0.120. The number of carbonyl (C=O) groups is 1.